The smallest absolute Gasteiger partial charge is 0.271 e. The Morgan fingerprint density at radius 1 is 1.44 bits per heavy atom. The number of benzene rings is 1. The molecule has 0 radical (unpaired) electrons. The number of alkyl halides is 3. The molecule has 1 unspecified atom stereocenters. The Morgan fingerprint density at radius 3 is 2.56 bits per heavy atom. The van der Waals surface area contributed by atoms with Gasteiger partial charge >= 0.3 is 5.38 Å². The number of rotatable bonds is 4. The van der Waals surface area contributed by atoms with Crippen LogP contribution in [-0.2, 0) is 6.42 Å². The van der Waals surface area contributed by atoms with E-state index in [0.717, 1.165) is 0 Å². The van der Waals surface area contributed by atoms with Gasteiger partial charge in [-0.25, -0.2) is 9.82 Å². The molecule has 90 valence electrons. The van der Waals surface area contributed by atoms with Crippen molar-refractivity contribution in [2.45, 2.75) is 17.8 Å². The van der Waals surface area contributed by atoms with Crippen molar-refractivity contribution in [3.63, 3.8) is 0 Å². The van der Waals surface area contributed by atoms with Gasteiger partial charge in [0.1, 0.15) is 11.9 Å². The molecule has 0 saturated heterocycles. The molecule has 1 aromatic carbocycles. The van der Waals surface area contributed by atoms with Crippen molar-refractivity contribution in [1.82, 2.24) is 5.43 Å². The monoisotopic (exact) mass is 272 g/mol. The van der Waals surface area contributed by atoms with E-state index >= 15 is 0 Å². The molecule has 0 aromatic heterocycles. The molecule has 0 heterocycles. The largest absolute Gasteiger partial charge is 0.338 e. The molecule has 7 heteroatoms. The van der Waals surface area contributed by atoms with Gasteiger partial charge in [-0.15, -0.1) is 0 Å². The standard InChI is InChI=1S/C9H9Cl2F3N2/c10-6-3-1-2-5(8(6)12)4-7(16-15)9(11,13)14/h1-3,7,16H,4,15H2. The van der Waals surface area contributed by atoms with Gasteiger partial charge in [-0.3, -0.25) is 5.84 Å². The third kappa shape index (κ3) is 3.25. The van der Waals surface area contributed by atoms with Crippen LogP contribution in [0.1, 0.15) is 5.56 Å². The van der Waals surface area contributed by atoms with E-state index in [4.69, 9.17) is 29.0 Å². The van der Waals surface area contributed by atoms with E-state index in [1.54, 1.807) is 0 Å². The first-order valence-corrected chi connectivity index (χ1v) is 5.07. The van der Waals surface area contributed by atoms with Gasteiger partial charge in [0.15, 0.2) is 0 Å². The molecule has 0 saturated carbocycles. The molecular weight excluding hydrogens is 264 g/mol. The van der Waals surface area contributed by atoms with Crippen LogP contribution in [0.2, 0.25) is 5.02 Å². The summed E-state index contributed by atoms with van der Waals surface area (Å²) in [6, 6.07) is 2.56. The van der Waals surface area contributed by atoms with E-state index in [-0.39, 0.29) is 17.0 Å². The normalized spacial score (nSPS) is 13.9. The molecule has 0 aliphatic heterocycles. The average molecular weight is 273 g/mol. The molecule has 1 rings (SSSR count). The number of hydrogen-bond donors (Lipinski definition) is 2. The fourth-order valence-electron chi connectivity index (χ4n) is 1.20. The summed E-state index contributed by atoms with van der Waals surface area (Å²) in [5, 5.41) is -3.70. The van der Waals surface area contributed by atoms with Crippen molar-refractivity contribution < 1.29 is 13.2 Å². The van der Waals surface area contributed by atoms with Gasteiger partial charge in [0.25, 0.3) is 0 Å². The molecule has 0 aliphatic carbocycles. The van der Waals surface area contributed by atoms with Crippen molar-refractivity contribution >= 4 is 23.2 Å². The highest BCUT2D eigenvalue weighted by molar-refractivity contribution is 6.30. The van der Waals surface area contributed by atoms with E-state index in [9.17, 15) is 13.2 Å². The summed E-state index contributed by atoms with van der Waals surface area (Å²) in [5.41, 5.74) is 1.87. The van der Waals surface area contributed by atoms with E-state index in [2.05, 4.69) is 0 Å². The molecule has 0 spiro atoms. The van der Waals surface area contributed by atoms with Gasteiger partial charge in [-0.05, 0) is 29.7 Å². The maximum atomic E-state index is 13.4. The zero-order chi connectivity index (χ0) is 12.3. The van der Waals surface area contributed by atoms with Crippen molar-refractivity contribution in [2.75, 3.05) is 0 Å². The fourth-order valence-corrected chi connectivity index (χ4v) is 1.53. The SMILES string of the molecule is NNC(Cc1cccc(Cl)c1F)C(F)(F)Cl. The maximum absolute atomic E-state index is 13.4. The summed E-state index contributed by atoms with van der Waals surface area (Å²) < 4.78 is 38.9. The summed E-state index contributed by atoms with van der Waals surface area (Å²) in [4.78, 5) is 0. The predicted octanol–water partition coefficient (Wildman–Crippen LogP) is 2.69. The summed E-state index contributed by atoms with van der Waals surface area (Å²) in [5.74, 6) is 4.18. The quantitative estimate of drug-likeness (QED) is 0.503. The van der Waals surface area contributed by atoms with Crippen molar-refractivity contribution in [1.29, 1.82) is 0 Å². The lowest BCUT2D eigenvalue weighted by molar-refractivity contribution is 0.0500. The molecule has 2 nitrogen and oxygen atoms in total. The first-order chi connectivity index (χ1) is 7.36. The number of nitrogens with two attached hydrogens (primary N) is 1. The highest BCUT2D eigenvalue weighted by atomic mass is 35.5. The van der Waals surface area contributed by atoms with E-state index < -0.39 is 17.2 Å². The van der Waals surface area contributed by atoms with Crippen molar-refractivity contribution in [2.24, 2.45) is 5.84 Å². The third-order valence-corrected chi connectivity index (χ3v) is 2.61. The zero-order valence-corrected chi connectivity index (χ0v) is 9.50. The van der Waals surface area contributed by atoms with Gasteiger partial charge in [0, 0.05) is 0 Å². The minimum absolute atomic E-state index is 0.0239. The lowest BCUT2D eigenvalue weighted by Crippen LogP contribution is -2.47. The van der Waals surface area contributed by atoms with Crippen LogP contribution in [-0.4, -0.2) is 11.4 Å². The van der Waals surface area contributed by atoms with Crippen LogP contribution in [0, 0.1) is 5.82 Å². The molecular formula is C9H9Cl2F3N2. The minimum atomic E-state index is -3.57. The van der Waals surface area contributed by atoms with Crippen LogP contribution in [0.15, 0.2) is 18.2 Å². The van der Waals surface area contributed by atoms with Crippen LogP contribution in [0.4, 0.5) is 13.2 Å². The van der Waals surface area contributed by atoms with Crippen molar-refractivity contribution in [3.05, 3.63) is 34.6 Å². The average Bonchev–Trinajstić information content (AvgIpc) is 2.18. The number of nitrogens with one attached hydrogen (secondary N) is 1. The van der Waals surface area contributed by atoms with Crippen LogP contribution in [0.5, 0.6) is 0 Å². The fraction of sp³-hybridized carbons (Fsp3) is 0.333. The van der Waals surface area contributed by atoms with Gasteiger partial charge in [-0.1, -0.05) is 23.7 Å². The molecule has 0 aliphatic rings. The topological polar surface area (TPSA) is 38.0 Å². The van der Waals surface area contributed by atoms with Crippen LogP contribution in [0.3, 0.4) is 0 Å². The van der Waals surface area contributed by atoms with E-state index in [1.807, 2.05) is 5.43 Å². The number of hydrogen-bond acceptors (Lipinski definition) is 2. The Hall–Kier alpha value is -0.490. The first-order valence-electron chi connectivity index (χ1n) is 4.32. The second-order valence-corrected chi connectivity index (χ2v) is 4.09. The van der Waals surface area contributed by atoms with Crippen LogP contribution >= 0.6 is 23.2 Å². The third-order valence-electron chi connectivity index (χ3n) is 2.05. The Bertz CT molecular complexity index is 368. The van der Waals surface area contributed by atoms with E-state index in [1.165, 1.54) is 18.2 Å². The molecule has 1 atom stereocenters. The zero-order valence-electron chi connectivity index (χ0n) is 7.98. The van der Waals surface area contributed by atoms with Gasteiger partial charge in [0.05, 0.1) is 5.02 Å². The molecule has 3 N–H and O–H groups in total. The number of hydrazine groups is 1. The summed E-state index contributed by atoms with van der Waals surface area (Å²) in [6.07, 6.45) is -0.362. The lowest BCUT2D eigenvalue weighted by atomic mass is 10.1. The highest BCUT2D eigenvalue weighted by Gasteiger charge is 2.36. The Morgan fingerprint density at radius 2 is 2.06 bits per heavy atom. The summed E-state index contributed by atoms with van der Waals surface area (Å²) >= 11 is 10.3. The van der Waals surface area contributed by atoms with Gasteiger partial charge in [-0.2, -0.15) is 8.78 Å². The highest BCUT2D eigenvalue weighted by Crippen LogP contribution is 2.27. The van der Waals surface area contributed by atoms with Gasteiger partial charge in [0.2, 0.25) is 0 Å². The van der Waals surface area contributed by atoms with Crippen LogP contribution < -0.4 is 11.3 Å². The lowest BCUT2D eigenvalue weighted by Gasteiger charge is -2.20. The van der Waals surface area contributed by atoms with Gasteiger partial charge < -0.3 is 0 Å². The molecule has 16 heavy (non-hydrogen) atoms. The van der Waals surface area contributed by atoms with E-state index in [0.29, 0.717) is 0 Å². The summed E-state index contributed by atoms with van der Waals surface area (Å²) in [6.45, 7) is 0. The summed E-state index contributed by atoms with van der Waals surface area (Å²) in [7, 11) is 0. The maximum Gasteiger partial charge on any atom is 0.338 e. The Labute approximate surface area is 100 Å². The minimum Gasteiger partial charge on any atom is -0.271 e. The Kier molecular flexibility index (Phi) is 4.43. The second kappa shape index (κ2) is 5.23. The molecule has 0 amide bonds. The number of halogens is 5. The molecule has 1 aromatic rings. The first kappa shape index (κ1) is 13.6. The Balaban J connectivity index is 2.91. The molecule has 0 fully saturated rings. The second-order valence-electron chi connectivity index (χ2n) is 3.18. The molecule has 0 bridgehead atoms. The predicted molar refractivity (Wildman–Crippen MR) is 57.0 cm³/mol. The van der Waals surface area contributed by atoms with Crippen LogP contribution in [0.25, 0.3) is 0 Å². The van der Waals surface area contributed by atoms with Crippen molar-refractivity contribution in [3.8, 4) is 0 Å².